The molecular formula is C19H17F5N2O3. The molecule has 0 aromatic heterocycles. The van der Waals surface area contributed by atoms with Gasteiger partial charge < -0.3 is 15.4 Å². The summed E-state index contributed by atoms with van der Waals surface area (Å²) in [4.78, 5) is 24.5. The van der Waals surface area contributed by atoms with Crippen LogP contribution in [0, 0.1) is 11.6 Å². The lowest BCUT2D eigenvalue weighted by molar-refractivity contribution is -0.176. The van der Waals surface area contributed by atoms with E-state index in [0.29, 0.717) is 5.56 Å². The van der Waals surface area contributed by atoms with Gasteiger partial charge in [-0.15, -0.1) is 0 Å². The zero-order chi connectivity index (χ0) is 21.6. The maximum absolute atomic E-state index is 13.5. The Hall–Kier alpha value is -3.01. The molecule has 2 amide bonds. The first-order valence-corrected chi connectivity index (χ1v) is 8.31. The van der Waals surface area contributed by atoms with Crippen molar-refractivity contribution >= 4 is 11.8 Å². The van der Waals surface area contributed by atoms with Crippen LogP contribution in [0.1, 0.15) is 27.5 Å². The van der Waals surface area contributed by atoms with Crippen LogP contribution >= 0.6 is 0 Å². The van der Waals surface area contributed by atoms with Crippen LogP contribution in [0.25, 0.3) is 0 Å². The Morgan fingerprint density at radius 3 is 2.24 bits per heavy atom. The number of nitrogens with one attached hydrogen (secondary N) is 2. The van der Waals surface area contributed by atoms with Crippen LogP contribution in [-0.4, -0.2) is 31.6 Å². The fraction of sp³-hybridized carbons (Fsp3) is 0.263. The maximum Gasteiger partial charge on any atom is 0.411 e. The van der Waals surface area contributed by atoms with Crippen molar-refractivity contribution in [1.29, 1.82) is 0 Å². The van der Waals surface area contributed by atoms with Gasteiger partial charge in [-0.2, -0.15) is 13.2 Å². The lowest BCUT2D eigenvalue weighted by atomic mass is 10.0. The monoisotopic (exact) mass is 416 g/mol. The molecule has 29 heavy (non-hydrogen) atoms. The van der Waals surface area contributed by atoms with E-state index in [9.17, 15) is 31.5 Å². The lowest BCUT2D eigenvalue weighted by Crippen LogP contribution is -2.39. The van der Waals surface area contributed by atoms with Gasteiger partial charge in [-0.1, -0.05) is 18.2 Å². The van der Waals surface area contributed by atoms with Crippen molar-refractivity contribution in [2.45, 2.75) is 18.8 Å². The number of likely N-dealkylation sites (N-methyl/N-ethyl adjacent to an activating group) is 1. The van der Waals surface area contributed by atoms with Crippen LogP contribution < -0.4 is 10.6 Å². The summed E-state index contributed by atoms with van der Waals surface area (Å²) in [6.45, 7) is -1.69. The molecule has 0 heterocycles. The first kappa shape index (κ1) is 22.3. The summed E-state index contributed by atoms with van der Waals surface area (Å²) in [5.41, 5.74) is 0.559. The second kappa shape index (κ2) is 9.46. The summed E-state index contributed by atoms with van der Waals surface area (Å²) in [5.74, 6) is -3.61. The maximum atomic E-state index is 13.5. The smallest absolute Gasteiger partial charge is 0.367 e. The van der Waals surface area contributed by atoms with Gasteiger partial charge in [0.1, 0.15) is 12.6 Å². The van der Waals surface area contributed by atoms with Gasteiger partial charge in [0, 0.05) is 12.6 Å². The van der Waals surface area contributed by atoms with Crippen molar-refractivity contribution in [2.24, 2.45) is 0 Å². The third-order valence-corrected chi connectivity index (χ3v) is 3.81. The van der Waals surface area contributed by atoms with Gasteiger partial charge >= 0.3 is 6.18 Å². The fourth-order valence-corrected chi connectivity index (χ4v) is 2.39. The highest BCUT2D eigenvalue weighted by molar-refractivity contribution is 5.97. The van der Waals surface area contributed by atoms with Gasteiger partial charge in [-0.05, 0) is 35.4 Å². The summed E-state index contributed by atoms with van der Waals surface area (Å²) >= 11 is 0. The van der Waals surface area contributed by atoms with Crippen molar-refractivity contribution in [3.63, 3.8) is 0 Å². The van der Waals surface area contributed by atoms with Gasteiger partial charge in [-0.25, -0.2) is 8.78 Å². The number of alkyl halides is 3. The van der Waals surface area contributed by atoms with Crippen LogP contribution in [0.2, 0.25) is 0 Å². The molecule has 2 rings (SSSR count). The fourth-order valence-electron chi connectivity index (χ4n) is 2.39. The van der Waals surface area contributed by atoms with Crippen molar-refractivity contribution in [1.82, 2.24) is 10.6 Å². The van der Waals surface area contributed by atoms with E-state index in [1.807, 2.05) is 0 Å². The average molecular weight is 416 g/mol. The van der Waals surface area contributed by atoms with Crippen LogP contribution in [0.4, 0.5) is 22.0 Å². The Balaban J connectivity index is 2.09. The molecule has 5 nitrogen and oxygen atoms in total. The number of rotatable bonds is 7. The van der Waals surface area contributed by atoms with E-state index in [1.165, 1.54) is 37.4 Å². The number of halogens is 5. The molecule has 0 radical (unpaired) electrons. The van der Waals surface area contributed by atoms with Gasteiger partial charge in [0.2, 0.25) is 5.91 Å². The SMILES string of the molecule is CNC(=O)C(NC(=O)c1ccc(COCC(F)(F)F)cc1)c1ccc(F)c(F)c1. The minimum Gasteiger partial charge on any atom is -0.367 e. The minimum atomic E-state index is -4.44. The van der Waals surface area contributed by atoms with Crippen molar-refractivity contribution in [2.75, 3.05) is 13.7 Å². The predicted octanol–water partition coefficient (Wildman–Crippen LogP) is 3.26. The molecule has 0 aliphatic rings. The quantitative estimate of drug-likeness (QED) is 0.681. The third kappa shape index (κ3) is 6.53. The highest BCUT2D eigenvalue weighted by Crippen LogP contribution is 2.18. The number of ether oxygens (including phenoxy) is 1. The van der Waals surface area contributed by atoms with Crippen molar-refractivity contribution in [3.05, 3.63) is 70.8 Å². The lowest BCUT2D eigenvalue weighted by Gasteiger charge is -2.18. The molecule has 1 unspecified atom stereocenters. The molecule has 0 fully saturated rings. The van der Waals surface area contributed by atoms with E-state index >= 15 is 0 Å². The molecule has 10 heteroatoms. The number of benzene rings is 2. The largest absolute Gasteiger partial charge is 0.411 e. The zero-order valence-electron chi connectivity index (χ0n) is 15.1. The number of amides is 2. The minimum absolute atomic E-state index is 0.0359. The normalized spacial score (nSPS) is 12.3. The van der Waals surface area contributed by atoms with Crippen LogP contribution in [-0.2, 0) is 16.1 Å². The van der Waals surface area contributed by atoms with E-state index in [-0.39, 0.29) is 17.7 Å². The Morgan fingerprint density at radius 2 is 1.69 bits per heavy atom. The molecule has 0 saturated carbocycles. The Bertz CT molecular complexity index is 869. The zero-order valence-corrected chi connectivity index (χ0v) is 15.1. The highest BCUT2D eigenvalue weighted by atomic mass is 19.4. The number of hydrogen-bond donors (Lipinski definition) is 2. The van der Waals surface area contributed by atoms with Gasteiger partial charge in [0.15, 0.2) is 11.6 Å². The van der Waals surface area contributed by atoms with E-state index in [0.717, 1.165) is 12.1 Å². The molecule has 2 aromatic carbocycles. The van der Waals surface area contributed by atoms with Crippen molar-refractivity contribution < 1.29 is 36.3 Å². The first-order chi connectivity index (χ1) is 13.6. The second-order valence-electron chi connectivity index (χ2n) is 6.00. The standard InChI is InChI=1S/C19H17F5N2O3/c1-25-18(28)16(13-6-7-14(20)15(21)8-13)26-17(27)12-4-2-11(3-5-12)9-29-10-19(22,23)24/h2-8,16H,9-10H2,1H3,(H,25,28)(H,26,27). The molecule has 0 bridgehead atoms. The van der Waals surface area contributed by atoms with Gasteiger partial charge in [0.25, 0.3) is 5.91 Å². The molecule has 2 aromatic rings. The summed E-state index contributed by atoms with van der Waals surface area (Å²) in [6, 6.07) is 7.01. The number of carbonyl (C=O) groups is 2. The van der Waals surface area contributed by atoms with E-state index < -0.39 is 42.3 Å². The molecule has 0 spiro atoms. The average Bonchev–Trinajstić information content (AvgIpc) is 2.67. The summed E-state index contributed by atoms with van der Waals surface area (Å²) in [6.07, 6.45) is -4.44. The summed E-state index contributed by atoms with van der Waals surface area (Å²) in [5, 5.41) is 4.73. The third-order valence-electron chi connectivity index (χ3n) is 3.81. The second-order valence-corrected chi connectivity index (χ2v) is 6.00. The Labute approximate surface area is 162 Å². The number of hydrogen-bond acceptors (Lipinski definition) is 3. The summed E-state index contributed by atoms with van der Waals surface area (Å²) < 4.78 is 67.4. The first-order valence-electron chi connectivity index (χ1n) is 8.31. The highest BCUT2D eigenvalue weighted by Gasteiger charge is 2.27. The topological polar surface area (TPSA) is 67.4 Å². The van der Waals surface area contributed by atoms with Gasteiger partial charge in [-0.3, -0.25) is 9.59 Å². The molecule has 0 aliphatic carbocycles. The number of carbonyl (C=O) groups excluding carboxylic acids is 2. The Kier molecular flexibility index (Phi) is 7.27. The van der Waals surface area contributed by atoms with Crippen molar-refractivity contribution in [3.8, 4) is 0 Å². The predicted molar refractivity (Wildman–Crippen MR) is 92.8 cm³/mol. The molecule has 156 valence electrons. The molecule has 1 atom stereocenters. The van der Waals surface area contributed by atoms with Crippen LogP contribution in [0.3, 0.4) is 0 Å². The van der Waals surface area contributed by atoms with Crippen LogP contribution in [0.15, 0.2) is 42.5 Å². The van der Waals surface area contributed by atoms with E-state index in [2.05, 4.69) is 15.4 Å². The molecular weight excluding hydrogens is 399 g/mol. The van der Waals surface area contributed by atoms with Crippen LogP contribution in [0.5, 0.6) is 0 Å². The molecule has 2 N–H and O–H groups in total. The van der Waals surface area contributed by atoms with E-state index in [4.69, 9.17) is 0 Å². The summed E-state index contributed by atoms with van der Waals surface area (Å²) in [7, 11) is 1.32. The molecule has 0 aliphatic heterocycles. The van der Waals surface area contributed by atoms with Gasteiger partial charge in [0.05, 0.1) is 6.61 Å². The Morgan fingerprint density at radius 1 is 1.03 bits per heavy atom. The van der Waals surface area contributed by atoms with E-state index in [1.54, 1.807) is 0 Å². The molecule has 0 saturated heterocycles.